The van der Waals surface area contributed by atoms with E-state index in [2.05, 4.69) is 4.98 Å². The number of aromatic nitrogens is 1. The van der Waals surface area contributed by atoms with Crippen molar-refractivity contribution in [2.75, 3.05) is 18.0 Å². The molecule has 2 heterocycles. The standard InChI is InChI=1S/C10H17N3O2S2/c1-2-3-6-17(14,15)13-5-4-8-9(7-13)16-10(11)12-8/h2-7H2,1H3,(H2,11,12). The van der Waals surface area contributed by atoms with E-state index >= 15 is 0 Å². The minimum atomic E-state index is -3.11. The zero-order chi connectivity index (χ0) is 12.5. The Hall–Kier alpha value is -0.660. The highest BCUT2D eigenvalue weighted by Crippen LogP contribution is 2.27. The highest BCUT2D eigenvalue weighted by Gasteiger charge is 2.28. The molecule has 1 aliphatic heterocycles. The van der Waals surface area contributed by atoms with E-state index in [0.29, 0.717) is 24.6 Å². The van der Waals surface area contributed by atoms with E-state index < -0.39 is 10.0 Å². The number of unbranched alkanes of at least 4 members (excludes halogenated alkanes) is 1. The fraction of sp³-hybridized carbons (Fsp3) is 0.700. The summed E-state index contributed by atoms with van der Waals surface area (Å²) in [6, 6.07) is 0. The molecule has 7 heteroatoms. The molecule has 0 bridgehead atoms. The Morgan fingerprint density at radius 1 is 1.53 bits per heavy atom. The van der Waals surface area contributed by atoms with Crippen LogP contribution in [0.15, 0.2) is 0 Å². The minimum absolute atomic E-state index is 0.243. The number of fused-ring (bicyclic) bond motifs is 1. The predicted molar refractivity (Wildman–Crippen MR) is 69.3 cm³/mol. The summed E-state index contributed by atoms with van der Waals surface area (Å²) in [5.41, 5.74) is 6.60. The Balaban J connectivity index is 2.11. The van der Waals surface area contributed by atoms with Crippen LogP contribution in [0.25, 0.3) is 0 Å². The van der Waals surface area contributed by atoms with Crippen LogP contribution in [0.4, 0.5) is 5.13 Å². The molecule has 0 spiro atoms. The van der Waals surface area contributed by atoms with Gasteiger partial charge in [0.05, 0.1) is 11.4 Å². The van der Waals surface area contributed by atoms with Gasteiger partial charge in [-0.1, -0.05) is 13.3 Å². The maximum Gasteiger partial charge on any atom is 0.214 e. The van der Waals surface area contributed by atoms with Crippen LogP contribution < -0.4 is 5.73 Å². The van der Waals surface area contributed by atoms with E-state index in [1.807, 2.05) is 6.92 Å². The highest BCUT2D eigenvalue weighted by molar-refractivity contribution is 7.89. The number of anilines is 1. The number of thiazole rings is 1. The van der Waals surface area contributed by atoms with Crippen LogP contribution in [-0.2, 0) is 23.0 Å². The number of rotatable bonds is 4. The monoisotopic (exact) mass is 275 g/mol. The van der Waals surface area contributed by atoms with Crippen molar-refractivity contribution in [1.29, 1.82) is 0 Å². The summed E-state index contributed by atoms with van der Waals surface area (Å²) < 4.78 is 25.6. The maximum atomic E-state index is 12.0. The molecule has 0 aromatic carbocycles. The van der Waals surface area contributed by atoms with Gasteiger partial charge in [-0.2, -0.15) is 4.31 Å². The van der Waals surface area contributed by atoms with Crippen molar-refractivity contribution >= 4 is 26.5 Å². The van der Waals surface area contributed by atoms with Crippen LogP contribution in [0, 0.1) is 0 Å². The lowest BCUT2D eigenvalue weighted by molar-refractivity contribution is 0.392. The second kappa shape index (κ2) is 4.91. The molecule has 5 nitrogen and oxygen atoms in total. The number of nitrogens with zero attached hydrogens (tertiary/aromatic N) is 2. The molecule has 0 amide bonds. The average molecular weight is 275 g/mol. The SMILES string of the molecule is CCCCS(=O)(=O)N1CCc2nc(N)sc2C1. The second-order valence-corrected chi connectivity index (χ2v) is 7.38. The molecule has 96 valence electrons. The molecule has 17 heavy (non-hydrogen) atoms. The van der Waals surface area contributed by atoms with Crippen molar-refractivity contribution in [3.8, 4) is 0 Å². The van der Waals surface area contributed by atoms with Crippen molar-refractivity contribution in [1.82, 2.24) is 9.29 Å². The maximum absolute atomic E-state index is 12.0. The second-order valence-electron chi connectivity index (χ2n) is 4.18. The van der Waals surface area contributed by atoms with Gasteiger partial charge in [0.2, 0.25) is 10.0 Å². The molecule has 1 aromatic heterocycles. The first-order valence-corrected chi connectivity index (χ1v) is 8.17. The first-order valence-electron chi connectivity index (χ1n) is 5.75. The molecule has 0 fully saturated rings. The van der Waals surface area contributed by atoms with Crippen molar-refractivity contribution in [3.05, 3.63) is 10.6 Å². The van der Waals surface area contributed by atoms with Crippen molar-refractivity contribution in [3.63, 3.8) is 0 Å². The zero-order valence-corrected chi connectivity index (χ0v) is 11.5. The molecule has 0 saturated carbocycles. The molecular weight excluding hydrogens is 258 g/mol. The Kier molecular flexibility index (Phi) is 3.70. The summed E-state index contributed by atoms with van der Waals surface area (Å²) in [6.45, 7) is 2.96. The lowest BCUT2D eigenvalue weighted by atomic mass is 10.2. The Morgan fingerprint density at radius 3 is 3.00 bits per heavy atom. The average Bonchev–Trinajstić information content (AvgIpc) is 2.65. The van der Waals surface area contributed by atoms with Gasteiger partial charge >= 0.3 is 0 Å². The summed E-state index contributed by atoms with van der Waals surface area (Å²) in [5.74, 6) is 0.243. The van der Waals surface area contributed by atoms with Gasteiger partial charge in [-0.3, -0.25) is 0 Å². The van der Waals surface area contributed by atoms with E-state index in [4.69, 9.17) is 5.73 Å². The molecule has 1 aliphatic rings. The van der Waals surface area contributed by atoms with E-state index in [-0.39, 0.29) is 5.75 Å². The van der Waals surface area contributed by atoms with Gasteiger partial charge in [-0.25, -0.2) is 13.4 Å². The third kappa shape index (κ3) is 2.78. The Labute approximate surface area is 106 Å². The molecule has 2 rings (SSSR count). The van der Waals surface area contributed by atoms with Gasteiger partial charge in [0.25, 0.3) is 0 Å². The molecule has 0 atom stereocenters. The quantitative estimate of drug-likeness (QED) is 0.896. The smallest absolute Gasteiger partial charge is 0.214 e. The van der Waals surface area contributed by atoms with Crippen LogP contribution in [0.3, 0.4) is 0 Å². The normalized spacial score (nSPS) is 17.0. The molecule has 0 radical (unpaired) electrons. The number of nitrogen functional groups attached to an aromatic ring is 1. The zero-order valence-electron chi connectivity index (χ0n) is 9.85. The number of hydrogen-bond acceptors (Lipinski definition) is 5. The first kappa shape index (κ1) is 12.8. The van der Waals surface area contributed by atoms with Gasteiger partial charge in [-0.15, -0.1) is 11.3 Å². The van der Waals surface area contributed by atoms with Crippen LogP contribution >= 0.6 is 11.3 Å². The third-order valence-electron chi connectivity index (χ3n) is 2.86. The minimum Gasteiger partial charge on any atom is -0.375 e. The largest absolute Gasteiger partial charge is 0.375 e. The summed E-state index contributed by atoms with van der Waals surface area (Å²) >= 11 is 1.39. The molecule has 1 aromatic rings. The van der Waals surface area contributed by atoms with E-state index in [1.54, 1.807) is 4.31 Å². The molecule has 0 saturated heterocycles. The highest BCUT2D eigenvalue weighted by atomic mass is 32.2. The summed E-state index contributed by atoms with van der Waals surface area (Å²) in [6.07, 6.45) is 2.29. The third-order valence-corrected chi connectivity index (χ3v) is 5.68. The molecular formula is C10H17N3O2S2. The lowest BCUT2D eigenvalue weighted by Crippen LogP contribution is -2.37. The van der Waals surface area contributed by atoms with Gasteiger partial charge < -0.3 is 5.73 Å². The van der Waals surface area contributed by atoms with Crippen molar-refractivity contribution < 1.29 is 8.42 Å². The molecule has 0 aliphatic carbocycles. The van der Waals surface area contributed by atoms with Crippen molar-refractivity contribution in [2.24, 2.45) is 0 Å². The fourth-order valence-corrected chi connectivity index (χ4v) is 4.47. The Bertz CT molecular complexity index is 496. The summed E-state index contributed by atoms with van der Waals surface area (Å²) in [5, 5.41) is 0.530. The van der Waals surface area contributed by atoms with Crippen LogP contribution in [0.1, 0.15) is 30.3 Å². The lowest BCUT2D eigenvalue weighted by Gasteiger charge is -2.25. The predicted octanol–water partition coefficient (Wildman–Crippen LogP) is 1.21. The van der Waals surface area contributed by atoms with Gasteiger partial charge in [-0.05, 0) is 6.42 Å². The van der Waals surface area contributed by atoms with Crippen molar-refractivity contribution in [2.45, 2.75) is 32.7 Å². The number of hydrogen-bond donors (Lipinski definition) is 1. The van der Waals surface area contributed by atoms with E-state index in [0.717, 1.165) is 23.4 Å². The van der Waals surface area contributed by atoms with Gasteiger partial charge in [0, 0.05) is 24.4 Å². The van der Waals surface area contributed by atoms with Crippen LogP contribution in [0.2, 0.25) is 0 Å². The summed E-state index contributed by atoms with van der Waals surface area (Å²) in [4.78, 5) is 5.20. The van der Waals surface area contributed by atoms with Crippen LogP contribution in [0.5, 0.6) is 0 Å². The topological polar surface area (TPSA) is 76.3 Å². The molecule has 2 N–H and O–H groups in total. The number of nitrogens with two attached hydrogens (primary N) is 1. The Morgan fingerprint density at radius 2 is 2.29 bits per heavy atom. The van der Waals surface area contributed by atoms with E-state index in [1.165, 1.54) is 11.3 Å². The van der Waals surface area contributed by atoms with Gasteiger partial charge in [0.15, 0.2) is 5.13 Å². The molecule has 0 unspecified atom stereocenters. The summed E-state index contributed by atoms with van der Waals surface area (Å²) in [7, 11) is -3.11. The van der Waals surface area contributed by atoms with Crippen LogP contribution in [-0.4, -0.2) is 30.0 Å². The number of sulfonamides is 1. The van der Waals surface area contributed by atoms with E-state index in [9.17, 15) is 8.42 Å². The fourth-order valence-electron chi connectivity index (χ4n) is 1.89. The van der Waals surface area contributed by atoms with Gasteiger partial charge in [0.1, 0.15) is 0 Å². The first-order chi connectivity index (χ1) is 8.03.